The average molecular weight is 470 g/mol. The van der Waals surface area contributed by atoms with Gasteiger partial charge in [-0.25, -0.2) is 4.99 Å². The fraction of sp³-hybridized carbons (Fsp3) is 0.389. The Labute approximate surface area is 171 Å². The second kappa shape index (κ2) is 12.3. The van der Waals surface area contributed by atoms with Gasteiger partial charge in [0.05, 0.1) is 6.54 Å². The number of hydrogen-bond donors (Lipinski definition) is 3. The third kappa shape index (κ3) is 7.42. The van der Waals surface area contributed by atoms with Crippen molar-refractivity contribution in [3.8, 4) is 0 Å². The molecule has 0 radical (unpaired) electrons. The number of guanidine groups is 1. The van der Waals surface area contributed by atoms with Gasteiger partial charge in [-0.3, -0.25) is 9.48 Å². The zero-order valence-electron chi connectivity index (χ0n) is 15.2. The van der Waals surface area contributed by atoms with Crippen molar-refractivity contribution < 1.29 is 4.79 Å². The summed E-state index contributed by atoms with van der Waals surface area (Å²) in [4.78, 5) is 16.3. The number of amides is 1. The van der Waals surface area contributed by atoms with Gasteiger partial charge < -0.3 is 16.0 Å². The molecule has 0 aliphatic rings. The topological polar surface area (TPSA) is 83.3 Å². The molecule has 26 heavy (non-hydrogen) atoms. The van der Waals surface area contributed by atoms with E-state index in [0.717, 1.165) is 37.6 Å². The van der Waals surface area contributed by atoms with Crippen molar-refractivity contribution in [3.63, 3.8) is 0 Å². The maximum absolute atomic E-state index is 11.7. The highest BCUT2D eigenvalue weighted by Gasteiger charge is 2.04. The van der Waals surface area contributed by atoms with Gasteiger partial charge in [-0.2, -0.15) is 5.10 Å². The first-order valence-electron chi connectivity index (χ1n) is 8.53. The maximum Gasteiger partial charge on any atom is 0.251 e. The minimum Gasteiger partial charge on any atom is -0.357 e. The summed E-state index contributed by atoms with van der Waals surface area (Å²) in [5, 5.41) is 13.4. The molecule has 0 bridgehead atoms. The van der Waals surface area contributed by atoms with E-state index in [0.29, 0.717) is 12.1 Å². The molecule has 0 spiro atoms. The highest BCUT2D eigenvalue weighted by atomic mass is 127. The molecule has 0 saturated heterocycles. The summed E-state index contributed by atoms with van der Waals surface area (Å²) >= 11 is 0. The predicted octanol–water partition coefficient (Wildman–Crippen LogP) is 2.01. The summed E-state index contributed by atoms with van der Waals surface area (Å²) in [6.45, 7) is 5.02. The third-order valence-electron chi connectivity index (χ3n) is 3.60. The molecule has 0 unspecified atom stereocenters. The summed E-state index contributed by atoms with van der Waals surface area (Å²) in [6.07, 6.45) is 4.70. The van der Waals surface area contributed by atoms with E-state index in [1.54, 1.807) is 19.3 Å². The minimum absolute atomic E-state index is 0. The average Bonchev–Trinajstić information content (AvgIpc) is 3.16. The highest BCUT2D eigenvalue weighted by molar-refractivity contribution is 14.0. The van der Waals surface area contributed by atoms with Crippen LogP contribution in [0, 0.1) is 0 Å². The molecule has 0 aliphatic carbocycles. The lowest BCUT2D eigenvalue weighted by Crippen LogP contribution is -2.38. The molecular formula is C18H27IN6O. The van der Waals surface area contributed by atoms with Crippen molar-refractivity contribution in [1.82, 2.24) is 25.7 Å². The lowest BCUT2D eigenvalue weighted by atomic mass is 10.1. The zero-order chi connectivity index (χ0) is 17.9. The number of rotatable bonds is 8. The molecule has 1 aromatic heterocycles. The first-order valence-corrected chi connectivity index (χ1v) is 8.53. The molecule has 0 atom stereocenters. The zero-order valence-corrected chi connectivity index (χ0v) is 17.6. The number of aliphatic imine (C=N–C) groups is 1. The number of nitrogens with zero attached hydrogens (tertiary/aromatic N) is 3. The van der Waals surface area contributed by atoms with Crippen LogP contribution in [0.4, 0.5) is 0 Å². The number of aromatic nitrogens is 2. The normalized spacial score (nSPS) is 10.8. The van der Waals surface area contributed by atoms with Crippen LogP contribution in [0.25, 0.3) is 0 Å². The summed E-state index contributed by atoms with van der Waals surface area (Å²) < 4.78 is 1.91. The molecule has 8 heteroatoms. The van der Waals surface area contributed by atoms with Crippen LogP contribution in [-0.2, 0) is 13.1 Å². The van der Waals surface area contributed by atoms with E-state index in [4.69, 9.17) is 0 Å². The molecule has 0 saturated carbocycles. The fourth-order valence-electron chi connectivity index (χ4n) is 2.35. The van der Waals surface area contributed by atoms with E-state index >= 15 is 0 Å². The van der Waals surface area contributed by atoms with Gasteiger partial charge >= 0.3 is 0 Å². The molecular weight excluding hydrogens is 443 g/mol. The van der Waals surface area contributed by atoms with E-state index in [1.165, 1.54) is 0 Å². The molecule has 1 heterocycles. The fourth-order valence-corrected chi connectivity index (χ4v) is 2.35. The van der Waals surface area contributed by atoms with E-state index in [1.807, 2.05) is 42.1 Å². The number of hydrogen-bond acceptors (Lipinski definition) is 3. The Balaban J connectivity index is 0.00000338. The Morgan fingerprint density at radius 3 is 2.81 bits per heavy atom. The number of aryl methyl sites for hydroxylation is 1. The van der Waals surface area contributed by atoms with Crippen LogP contribution >= 0.6 is 24.0 Å². The summed E-state index contributed by atoms with van der Waals surface area (Å²) in [5.41, 5.74) is 1.64. The van der Waals surface area contributed by atoms with Gasteiger partial charge in [-0.15, -0.1) is 24.0 Å². The second-order valence-electron chi connectivity index (χ2n) is 5.52. The van der Waals surface area contributed by atoms with Crippen molar-refractivity contribution in [1.29, 1.82) is 0 Å². The minimum atomic E-state index is -0.0884. The van der Waals surface area contributed by atoms with Gasteiger partial charge in [-0.05, 0) is 37.1 Å². The van der Waals surface area contributed by atoms with Gasteiger partial charge in [0.25, 0.3) is 5.91 Å². The molecule has 0 fully saturated rings. The van der Waals surface area contributed by atoms with Crippen molar-refractivity contribution >= 4 is 35.8 Å². The van der Waals surface area contributed by atoms with Crippen molar-refractivity contribution in [2.24, 2.45) is 4.99 Å². The molecule has 1 amide bonds. The molecule has 3 N–H and O–H groups in total. The van der Waals surface area contributed by atoms with Crippen molar-refractivity contribution in [2.45, 2.75) is 26.4 Å². The lowest BCUT2D eigenvalue weighted by molar-refractivity contribution is 0.0963. The Morgan fingerprint density at radius 1 is 1.27 bits per heavy atom. The Hall–Kier alpha value is -2.10. The van der Waals surface area contributed by atoms with Gasteiger partial charge in [0.1, 0.15) is 0 Å². The Morgan fingerprint density at radius 2 is 2.12 bits per heavy atom. The van der Waals surface area contributed by atoms with E-state index in [2.05, 4.69) is 26.0 Å². The maximum atomic E-state index is 11.7. The van der Waals surface area contributed by atoms with Crippen LogP contribution in [0.15, 0.2) is 47.7 Å². The molecule has 0 aliphatic heterocycles. The summed E-state index contributed by atoms with van der Waals surface area (Å²) in [7, 11) is 1.63. The van der Waals surface area contributed by atoms with Crippen LogP contribution in [0.5, 0.6) is 0 Å². The first-order chi connectivity index (χ1) is 12.2. The van der Waals surface area contributed by atoms with Crippen LogP contribution in [0.3, 0.4) is 0 Å². The Kier molecular flexibility index (Phi) is 10.4. The lowest BCUT2D eigenvalue weighted by Gasteiger charge is -2.11. The van der Waals surface area contributed by atoms with Gasteiger partial charge in [0.2, 0.25) is 0 Å². The van der Waals surface area contributed by atoms with E-state index < -0.39 is 0 Å². The summed E-state index contributed by atoms with van der Waals surface area (Å²) in [6, 6.07) is 9.43. The Bertz CT molecular complexity index is 687. The van der Waals surface area contributed by atoms with Crippen LogP contribution in [-0.4, -0.2) is 41.8 Å². The third-order valence-corrected chi connectivity index (χ3v) is 3.60. The number of nitrogens with one attached hydrogen (secondary N) is 3. The van der Waals surface area contributed by atoms with Gasteiger partial charge in [-0.1, -0.05) is 12.1 Å². The molecule has 142 valence electrons. The SMILES string of the molecule is CCNC(=NCc1cccc(C(=O)NC)c1)NCCCn1cccn1.I. The standard InChI is InChI=1S/C18H26N6O.HI/c1-3-20-18(21-9-5-11-24-12-6-10-23-24)22-14-15-7-4-8-16(13-15)17(25)19-2;/h4,6-8,10,12-13H,3,5,9,11,14H2,1-2H3,(H,19,25)(H2,20,21,22);1H. The van der Waals surface area contributed by atoms with Crippen LogP contribution < -0.4 is 16.0 Å². The van der Waals surface area contributed by atoms with Crippen LogP contribution in [0.2, 0.25) is 0 Å². The van der Waals surface area contributed by atoms with Gasteiger partial charge in [0.15, 0.2) is 5.96 Å². The quantitative estimate of drug-likeness (QED) is 0.239. The van der Waals surface area contributed by atoms with Crippen LogP contribution in [0.1, 0.15) is 29.3 Å². The largest absolute Gasteiger partial charge is 0.357 e. The molecule has 7 nitrogen and oxygen atoms in total. The smallest absolute Gasteiger partial charge is 0.251 e. The van der Waals surface area contributed by atoms with Gasteiger partial charge in [0, 0.05) is 44.6 Å². The number of benzene rings is 1. The van der Waals surface area contributed by atoms with Crippen molar-refractivity contribution in [3.05, 3.63) is 53.9 Å². The molecule has 2 rings (SSSR count). The molecule has 2 aromatic rings. The highest BCUT2D eigenvalue weighted by Crippen LogP contribution is 2.06. The summed E-state index contributed by atoms with van der Waals surface area (Å²) in [5.74, 6) is 0.683. The predicted molar refractivity (Wildman–Crippen MR) is 115 cm³/mol. The number of carbonyl (C=O) groups excluding carboxylic acids is 1. The first kappa shape index (κ1) is 21.9. The van der Waals surface area contributed by atoms with E-state index in [-0.39, 0.29) is 29.9 Å². The second-order valence-corrected chi connectivity index (χ2v) is 5.52. The monoisotopic (exact) mass is 470 g/mol. The molecule has 1 aromatic carbocycles. The number of carbonyl (C=O) groups is 1. The number of halogens is 1. The van der Waals surface area contributed by atoms with E-state index in [9.17, 15) is 4.79 Å². The van der Waals surface area contributed by atoms with Crippen molar-refractivity contribution in [2.75, 3.05) is 20.1 Å².